The van der Waals surface area contributed by atoms with Gasteiger partial charge in [-0.25, -0.2) is 0 Å². The molecule has 1 saturated heterocycles. The van der Waals surface area contributed by atoms with E-state index in [1.807, 2.05) is 30.3 Å². The number of rotatable bonds is 10. The van der Waals surface area contributed by atoms with E-state index in [1.54, 1.807) is 12.1 Å². The lowest BCUT2D eigenvalue weighted by Gasteiger charge is -2.40. The van der Waals surface area contributed by atoms with E-state index >= 15 is 0 Å². The summed E-state index contributed by atoms with van der Waals surface area (Å²) < 4.78 is 17.0. The predicted octanol–water partition coefficient (Wildman–Crippen LogP) is 2.46. The van der Waals surface area contributed by atoms with Crippen molar-refractivity contribution in [2.24, 2.45) is 5.92 Å². The molecule has 1 saturated carbocycles. The Kier molecular flexibility index (Phi) is 8.01. The standard InChI is InChI=1S/C25H29ClO7/c26-21-8-3-16(25-24(30)20(13-27)23(29)22(14-28)33-25)12-17(21)11-15-1-4-18(5-2-15)31-9-10-32-19-6-7-19/h1-5,8,12-13,19-20,22-25,28-30H,6-7,9-11,14H2/t20-,22+,23-,24+,25-/m0/s1. The zero-order chi connectivity index (χ0) is 23.4. The van der Waals surface area contributed by atoms with Crippen LogP contribution >= 0.6 is 11.6 Å². The quantitative estimate of drug-likeness (QED) is 0.357. The third-order valence-corrected chi connectivity index (χ3v) is 6.45. The number of benzene rings is 2. The van der Waals surface area contributed by atoms with Crippen molar-refractivity contribution >= 4 is 17.9 Å². The summed E-state index contributed by atoms with van der Waals surface area (Å²) in [5.41, 5.74) is 2.47. The number of aliphatic hydroxyl groups is 3. The minimum Gasteiger partial charge on any atom is -0.491 e. The number of hydrogen-bond acceptors (Lipinski definition) is 7. The van der Waals surface area contributed by atoms with Crippen LogP contribution in [0, 0.1) is 5.92 Å². The van der Waals surface area contributed by atoms with Crippen molar-refractivity contribution < 1.29 is 34.3 Å². The van der Waals surface area contributed by atoms with Gasteiger partial charge in [0.2, 0.25) is 0 Å². The highest BCUT2D eigenvalue weighted by Crippen LogP contribution is 2.36. The summed E-state index contributed by atoms with van der Waals surface area (Å²) in [7, 11) is 0. The predicted molar refractivity (Wildman–Crippen MR) is 121 cm³/mol. The molecule has 1 aliphatic carbocycles. The molecule has 7 nitrogen and oxygen atoms in total. The highest BCUT2D eigenvalue weighted by Gasteiger charge is 2.44. The third kappa shape index (κ3) is 5.93. The van der Waals surface area contributed by atoms with Gasteiger partial charge >= 0.3 is 0 Å². The molecular weight excluding hydrogens is 448 g/mol. The molecule has 3 N–H and O–H groups in total. The van der Waals surface area contributed by atoms with Crippen LogP contribution in [0.25, 0.3) is 0 Å². The Bertz CT molecular complexity index is 931. The second kappa shape index (κ2) is 11.0. The first-order valence-electron chi connectivity index (χ1n) is 11.2. The van der Waals surface area contributed by atoms with Crippen molar-refractivity contribution in [1.29, 1.82) is 0 Å². The Hall–Kier alpha value is -2.00. The van der Waals surface area contributed by atoms with Crippen molar-refractivity contribution in [2.45, 2.75) is 49.8 Å². The average Bonchev–Trinajstić information content (AvgIpc) is 3.64. The van der Waals surface area contributed by atoms with E-state index in [4.69, 9.17) is 25.8 Å². The van der Waals surface area contributed by atoms with Gasteiger partial charge in [0.1, 0.15) is 30.9 Å². The van der Waals surface area contributed by atoms with Gasteiger partial charge in [-0.3, -0.25) is 0 Å². The van der Waals surface area contributed by atoms with E-state index in [0.29, 0.717) is 42.6 Å². The second-order valence-corrected chi connectivity index (χ2v) is 8.97. The van der Waals surface area contributed by atoms with Crippen LogP contribution in [0.1, 0.15) is 35.6 Å². The summed E-state index contributed by atoms with van der Waals surface area (Å²) in [5, 5.41) is 30.9. The van der Waals surface area contributed by atoms with E-state index in [2.05, 4.69) is 0 Å². The maximum atomic E-state index is 11.4. The Morgan fingerprint density at radius 1 is 1.06 bits per heavy atom. The molecule has 8 heteroatoms. The average molecular weight is 477 g/mol. The van der Waals surface area contributed by atoms with E-state index < -0.39 is 36.9 Å². The maximum absolute atomic E-state index is 11.4. The molecule has 2 fully saturated rings. The topological polar surface area (TPSA) is 105 Å². The minimum atomic E-state index is -1.27. The Balaban J connectivity index is 1.43. The van der Waals surface area contributed by atoms with Gasteiger partial charge < -0.3 is 34.3 Å². The number of hydrogen-bond donors (Lipinski definition) is 3. The largest absolute Gasteiger partial charge is 0.491 e. The summed E-state index contributed by atoms with van der Waals surface area (Å²) in [5.74, 6) is -0.285. The fraction of sp³-hybridized carbons (Fsp3) is 0.480. The molecule has 1 aliphatic heterocycles. The lowest BCUT2D eigenvalue weighted by Crippen LogP contribution is -2.52. The molecule has 2 aliphatic rings. The van der Waals surface area contributed by atoms with E-state index in [0.717, 1.165) is 29.7 Å². The first-order chi connectivity index (χ1) is 16.0. The van der Waals surface area contributed by atoms with Crippen LogP contribution in [0.3, 0.4) is 0 Å². The molecular formula is C25H29ClO7. The number of ether oxygens (including phenoxy) is 3. The van der Waals surface area contributed by atoms with Crippen molar-refractivity contribution in [2.75, 3.05) is 19.8 Å². The van der Waals surface area contributed by atoms with E-state index in [1.165, 1.54) is 0 Å². The van der Waals surface area contributed by atoms with Gasteiger partial charge in [0.25, 0.3) is 0 Å². The van der Waals surface area contributed by atoms with Gasteiger partial charge in [-0.15, -0.1) is 0 Å². The van der Waals surface area contributed by atoms with Crippen LogP contribution in [-0.4, -0.2) is 65.8 Å². The van der Waals surface area contributed by atoms with Crippen LogP contribution < -0.4 is 4.74 Å². The Morgan fingerprint density at radius 3 is 2.48 bits per heavy atom. The fourth-order valence-electron chi connectivity index (χ4n) is 4.03. The van der Waals surface area contributed by atoms with Crippen LogP contribution in [0.4, 0.5) is 0 Å². The summed E-state index contributed by atoms with van der Waals surface area (Å²) in [4.78, 5) is 11.4. The zero-order valence-electron chi connectivity index (χ0n) is 18.2. The lowest BCUT2D eigenvalue weighted by atomic mass is 9.84. The molecule has 0 spiro atoms. The van der Waals surface area contributed by atoms with Crippen LogP contribution in [-0.2, 0) is 20.7 Å². The van der Waals surface area contributed by atoms with Gasteiger partial charge in [0, 0.05) is 5.02 Å². The SMILES string of the molecule is O=C[C@@H]1[C@@H](O)[C@H](c2ccc(Cl)c(Cc3ccc(OCCOC4CC4)cc3)c2)O[C@H](CO)[C@H]1O. The maximum Gasteiger partial charge on any atom is 0.128 e. The van der Waals surface area contributed by atoms with Crippen LogP contribution in [0.15, 0.2) is 42.5 Å². The normalized spacial score (nSPS) is 27.3. The number of carbonyl (C=O) groups is 1. The lowest BCUT2D eigenvalue weighted by molar-refractivity contribution is -0.206. The monoisotopic (exact) mass is 476 g/mol. The molecule has 0 unspecified atom stereocenters. The van der Waals surface area contributed by atoms with Crippen LogP contribution in [0.5, 0.6) is 5.75 Å². The van der Waals surface area contributed by atoms with Gasteiger partial charge in [-0.05, 0) is 54.2 Å². The highest BCUT2D eigenvalue weighted by molar-refractivity contribution is 6.31. The molecule has 178 valence electrons. The summed E-state index contributed by atoms with van der Waals surface area (Å²) >= 11 is 6.42. The van der Waals surface area contributed by atoms with Gasteiger partial charge in [0.15, 0.2) is 0 Å². The smallest absolute Gasteiger partial charge is 0.128 e. The molecule has 0 aromatic heterocycles. The number of aldehydes is 1. The first-order valence-corrected chi connectivity index (χ1v) is 11.6. The van der Waals surface area contributed by atoms with Crippen molar-refractivity contribution in [3.63, 3.8) is 0 Å². The number of aliphatic hydroxyl groups excluding tert-OH is 3. The third-order valence-electron chi connectivity index (χ3n) is 6.08. The molecule has 4 rings (SSSR count). The number of halogens is 1. The molecule has 0 radical (unpaired) electrons. The van der Waals surface area contributed by atoms with Crippen molar-refractivity contribution in [1.82, 2.24) is 0 Å². The van der Waals surface area contributed by atoms with Gasteiger partial charge in [-0.2, -0.15) is 0 Å². The summed E-state index contributed by atoms with van der Waals surface area (Å²) in [6, 6.07) is 13.0. The molecule has 0 bridgehead atoms. The minimum absolute atomic E-state index is 0.417. The highest BCUT2D eigenvalue weighted by atomic mass is 35.5. The zero-order valence-corrected chi connectivity index (χ0v) is 18.9. The molecule has 2 aromatic carbocycles. The molecule has 1 heterocycles. The number of carbonyl (C=O) groups excluding carboxylic acids is 1. The van der Waals surface area contributed by atoms with Crippen LogP contribution in [0.2, 0.25) is 5.02 Å². The second-order valence-electron chi connectivity index (χ2n) is 8.56. The van der Waals surface area contributed by atoms with E-state index in [-0.39, 0.29) is 0 Å². The molecule has 5 atom stereocenters. The Labute approximate surface area is 197 Å². The van der Waals surface area contributed by atoms with Crippen molar-refractivity contribution in [3.05, 3.63) is 64.2 Å². The summed E-state index contributed by atoms with van der Waals surface area (Å²) in [6.45, 7) is 0.637. The molecule has 33 heavy (non-hydrogen) atoms. The van der Waals surface area contributed by atoms with Gasteiger partial charge in [0.05, 0.1) is 37.4 Å². The Morgan fingerprint density at radius 2 is 1.82 bits per heavy atom. The fourth-order valence-corrected chi connectivity index (χ4v) is 4.21. The summed E-state index contributed by atoms with van der Waals surface area (Å²) in [6.07, 6.45) is -0.588. The molecule has 2 aromatic rings. The van der Waals surface area contributed by atoms with Gasteiger partial charge in [-0.1, -0.05) is 35.9 Å². The molecule has 0 amide bonds. The van der Waals surface area contributed by atoms with Crippen molar-refractivity contribution in [3.8, 4) is 5.75 Å². The first kappa shape index (κ1) is 24.1. The van der Waals surface area contributed by atoms with E-state index in [9.17, 15) is 20.1 Å².